The maximum absolute atomic E-state index is 8.89. The highest BCUT2D eigenvalue weighted by molar-refractivity contribution is 5.64. The van der Waals surface area contributed by atoms with Gasteiger partial charge in [0.1, 0.15) is 11.9 Å². The SMILES string of the molecule is N#Cc1ccc(-c2ccc(OC3CCN(C4CCC4)CC3)cc2)cc1. The fourth-order valence-electron chi connectivity index (χ4n) is 3.77. The van der Waals surface area contributed by atoms with Gasteiger partial charge in [-0.3, -0.25) is 0 Å². The standard InChI is InChI=1S/C22H24N2O/c23-16-17-4-6-18(7-5-17)19-8-10-21(11-9-19)25-22-12-14-24(15-13-22)20-2-1-3-20/h4-11,20,22H,1-3,12-15H2. The molecule has 128 valence electrons. The Balaban J connectivity index is 1.33. The van der Waals surface area contributed by atoms with Crippen LogP contribution in [-0.2, 0) is 0 Å². The number of ether oxygens (including phenoxy) is 1. The third-order valence-electron chi connectivity index (χ3n) is 5.57. The highest BCUT2D eigenvalue weighted by atomic mass is 16.5. The number of piperidine rings is 1. The summed E-state index contributed by atoms with van der Waals surface area (Å²) in [6.07, 6.45) is 6.80. The maximum Gasteiger partial charge on any atom is 0.119 e. The predicted octanol–water partition coefficient (Wildman–Crippen LogP) is 4.62. The van der Waals surface area contributed by atoms with Crippen molar-refractivity contribution in [2.75, 3.05) is 13.1 Å². The van der Waals surface area contributed by atoms with Gasteiger partial charge < -0.3 is 9.64 Å². The Morgan fingerprint density at radius 2 is 1.44 bits per heavy atom. The highest BCUT2D eigenvalue weighted by Gasteiger charge is 2.29. The quantitative estimate of drug-likeness (QED) is 0.819. The molecule has 25 heavy (non-hydrogen) atoms. The van der Waals surface area contributed by atoms with Crippen LogP contribution in [0.1, 0.15) is 37.7 Å². The third kappa shape index (κ3) is 3.70. The molecule has 0 spiro atoms. The smallest absolute Gasteiger partial charge is 0.119 e. The van der Waals surface area contributed by atoms with Crippen molar-refractivity contribution >= 4 is 0 Å². The molecule has 2 aliphatic rings. The van der Waals surface area contributed by atoms with E-state index in [2.05, 4.69) is 35.2 Å². The van der Waals surface area contributed by atoms with E-state index in [1.54, 1.807) is 0 Å². The molecule has 0 radical (unpaired) electrons. The Labute approximate surface area is 149 Å². The summed E-state index contributed by atoms with van der Waals surface area (Å²) in [5.41, 5.74) is 2.97. The van der Waals surface area contributed by atoms with Gasteiger partial charge >= 0.3 is 0 Å². The molecule has 2 aromatic carbocycles. The van der Waals surface area contributed by atoms with Gasteiger partial charge in [0.05, 0.1) is 11.6 Å². The lowest BCUT2D eigenvalue weighted by molar-refractivity contribution is 0.0493. The molecule has 1 saturated carbocycles. The third-order valence-corrected chi connectivity index (χ3v) is 5.57. The molecule has 1 saturated heterocycles. The fraction of sp³-hybridized carbons (Fsp3) is 0.409. The molecule has 1 aliphatic heterocycles. The molecule has 0 unspecified atom stereocenters. The summed E-state index contributed by atoms with van der Waals surface area (Å²) in [4.78, 5) is 2.65. The van der Waals surface area contributed by atoms with Crippen molar-refractivity contribution < 1.29 is 4.74 Å². The van der Waals surface area contributed by atoms with Crippen LogP contribution in [0.15, 0.2) is 48.5 Å². The highest BCUT2D eigenvalue weighted by Crippen LogP contribution is 2.29. The Kier molecular flexibility index (Phi) is 4.72. The first-order valence-corrected chi connectivity index (χ1v) is 9.33. The molecule has 3 nitrogen and oxygen atoms in total. The first-order chi connectivity index (χ1) is 12.3. The van der Waals surface area contributed by atoms with Crippen molar-refractivity contribution in [2.45, 2.75) is 44.2 Å². The van der Waals surface area contributed by atoms with Crippen LogP contribution in [0.3, 0.4) is 0 Å². The van der Waals surface area contributed by atoms with Gasteiger partial charge in [0.15, 0.2) is 0 Å². The van der Waals surface area contributed by atoms with Gasteiger partial charge in [0, 0.05) is 19.1 Å². The zero-order chi connectivity index (χ0) is 17.1. The van der Waals surface area contributed by atoms with Crippen LogP contribution in [0.2, 0.25) is 0 Å². The second-order valence-electron chi connectivity index (χ2n) is 7.15. The molecular weight excluding hydrogens is 308 g/mol. The minimum Gasteiger partial charge on any atom is -0.490 e. The van der Waals surface area contributed by atoms with Crippen molar-refractivity contribution in [1.29, 1.82) is 5.26 Å². The van der Waals surface area contributed by atoms with Crippen LogP contribution in [-0.4, -0.2) is 30.1 Å². The average molecular weight is 332 g/mol. The summed E-state index contributed by atoms with van der Waals surface area (Å²) in [7, 11) is 0. The van der Waals surface area contributed by atoms with Gasteiger partial charge in [-0.2, -0.15) is 5.26 Å². The normalized spacial score (nSPS) is 19.2. The molecule has 0 amide bonds. The summed E-state index contributed by atoms with van der Waals surface area (Å²) in [6.45, 7) is 2.36. The summed E-state index contributed by atoms with van der Waals surface area (Å²) in [5.74, 6) is 0.958. The molecule has 0 atom stereocenters. The van der Waals surface area contributed by atoms with E-state index < -0.39 is 0 Å². The lowest BCUT2D eigenvalue weighted by Gasteiger charge is -2.41. The molecule has 1 aliphatic carbocycles. The van der Waals surface area contributed by atoms with Gasteiger partial charge in [-0.25, -0.2) is 0 Å². The topological polar surface area (TPSA) is 36.3 Å². The van der Waals surface area contributed by atoms with Crippen LogP contribution in [0.5, 0.6) is 5.75 Å². The summed E-state index contributed by atoms with van der Waals surface area (Å²) in [6, 6.07) is 19.0. The van der Waals surface area contributed by atoms with Crippen LogP contribution in [0.25, 0.3) is 11.1 Å². The molecule has 4 rings (SSSR count). The molecular formula is C22H24N2O. The van der Waals surface area contributed by atoms with Gasteiger partial charge in [-0.15, -0.1) is 0 Å². The van der Waals surface area contributed by atoms with E-state index >= 15 is 0 Å². The molecule has 0 bridgehead atoms. The van der Waals surface area contributed by atoms with Crippen LogP contribution >= 0.6 is 0 Å². The van der Waals surface area contributed by atoms with Gasteiger partial charge in [-0.05, 0) is 61.1 Å². The molecule has 0 aromatic heterocycles. The largest absolute Gasteiger partial charge is 0.490 e. The van der Waals surface area contributed by atoms with E-state index in [1.165, 1.54) is 32.4 Å². The van der Waals surface area contributed by atoms with Gasteiger partial charge in [0.2, 0.25) is 0 Å². The van der Waals surface area contributed by atoms with Crippen molar-refractivity contribution in [2.24, 2.45) is 0 Å². The van der Waals surface area contributed by atoms with E-state index in [0.29, 0.717) is 11.7 Å². The summed E-state index contributed by atoms with van der Waals surface area (Å²) in [5, 5.41) is 8.89. The van der Waals surface area contributed by atoms with Crippen molar-refractivity contribution in [3.8, 4) is 22.9 Å². The van der Waals surface area contributed by atoms with Crippen molar-refractivity contribution in [3.63, 3.8) is 0 Å². The van der Waals surface area contributed by atoms with Crippen LogP contribution in [0, 0.1) is 11.3 Å². The van der Waals surface area contributed by atoms with Crippen molar-refractivity contribution in [1.82, 2.24) is 4.90 Å². The lowest BCUT2D eigenvalue weighted by atomic mass is 9.90. The zero-order valence-corrected chi connectivity index (χ0v) is 14.5. The predicted molar refractivity (Wildman–Crippen MR) is 99.5 cm³/mol. The van der Waals surface area contributed by atoms with E-state index in [0.717, 1.165) is 35.8 Å². The number of benzene rings is 2. The van der Waals surface area contributed by atoms with E-state index in [4.69, 9.17) is 10.00 Å². The number of hydrogen-bond acceptors (Lipinski definition) is 3. The minimum absolute atomic E-state index is 0.345. The Bertz CT molecular complexity index is 733. The number of likely N-dealkylation sites (tertiary alicyclic amines) is 1. The Morgan fingerprint density at radius 3 is 1.96 bits per heavy atom. The summed E-state index contributed by atoms with van der Waals surface area (Å²) >= 11 is 0. The molecule has 2 fully saturated rings. The molecule has 0 N–H and O–H groups in total. The van der Waals surface area contributed by atoms with Crippen LogP contribution in [0.4, 0.5) is 0 Å². The second-order valence-corrected chi connectivity index (χ2v) is 7.15. The number of nitrogens with zero attached hydrogens (tertiary/aromatic N) is 2. The molecule has 3 heteroatoms. The Hall–Kier alpha value is -2.31. The van der Waals surface area contributed by atoms with Gasteiger partial charge in [-0.1, -0.05) is 30.7 Å². The fourth-order valence-corrected chi connectivity index (χ4v) is 3.77. The molecule has 1 heterocycles. The first-order valence-electron chi connectivity index (χ1n) is 9.33. The monoisotopic (exact) mass is 332 g/mol. The maximum atomic E-state index is 8.89. The van der Waals surface area contributed by atoms with E-state index in [1.807, 2.05) is 24.3 Å². The zero-order valence-electron chi connectivity index (χ0n) is 14.5. The lowest BCUT2D eigenvalue weighted by Crippen LogP contribution is -2.46. The van der Waals surface area contributed by atoms with Crippen molar-refractivity contribution in [3.05, 3.63) is 54.1 Å². The average Bonchev–Trinajstić information content (AvgIpc) is 2.63. The van der Waals surface area contributed by atoms with E-state index in [9.17, 15) is 0 Å². The first kappa shape index (κ1) is 16.2. The number of nitriles is 1. The molecule has 2 aromatic rings. The van der Waals surface area contributed by atoms with E-state index in [-0.39, 0.29) is 0 Å². The number of hydrogen-bond donors (Lipinski definition) is 0. The number of rotatable bonds is 4. The minimum atomic E-state index is 0.345. The van der Waals surface area contributed by atoms with Crippen LogP contribution < -0.4 is 4.74 Å². The Morgan fingerprint density at radius 1 is 0.840 bits per heavy atom. The van der Waals surface area contributed by atoms with Gasteiger partial charge in [0.25, 0.3) is 0 Å². The second kappa shape index (κ2) is 7.29. The summed E-state index contributed by atoms with van der Waals surface area (Å²) < 4.78 is 6.19.